The van der Waals surface area contributed by atoms with Crippen molar-refractivity contribution in [2.45, 2.75) is 36.7 Å². The molecule has 0 spiro atoms. The van der Waals surface area contributed by atoms with Crippen molar-refractivity contribution >= 4 is 57.6 Å². The number of halogens is 1. The van der Waals surface area contributed by atoms with E-state index in [-0.39, 0.29) is 28.7 Å². The molecule has 0 N–H and O–H groups in total. The first-order chi connectivity index (χ1) is 14.6. The van der Waals surface area contributed by atoms with Crippen LogP contribution in [0.4, 0.5) is 0 Å². The second kappa shape index (κ2) is 10.3. The molecule has 1 aliphatic carbocycles. The van der Waals surface area contributed by atoms with Crippen LogP contribution in [0.15, 0.2) is 59.3 Å². The zero-order valence-corrected chi connectivity index (χ0v) is 19.7. The van der Waals surface area contributed by atoms with Crippen LogP contribution in [0.2, 0.25) is 5.02 Å². The van der Waals surface area contributed by atoms with E-state index in [9.17, 15) is 9.59 Å². The van der Waals surface area contributed by atoms with Gasteiger partial charge in [-0.1, -0.05) is 42.3 Å². The lowest BCUT2D eigenvalue weighted by Crippen LogP contribution is -2.37. The number of thioether (sulfide) groups is 1. The highest BCUT2D eigenvalue weighted by Crippen LogP contribution is 2.43. The molecule has 0 amide bonds. The Labute approximate surface area is 194 Å². The predicted octanol–water partition coefficient (Wildman–Crippen LogP) is 7.64. The Kier molecular flexibility index (Phi) is 7.47. The van der Waals surface area contributed by atoms with Gasteiger partial charge in [0.15, 0.2) is 11.6 Å². The third kappa shape index (κ3) is 5.25. The quantitative estimate of drug-likeness (QED) is 0.314. The number of carbonyl (C=O) groups excluding carboxylic acids is 2. The number of hydrogen-bond acceptors (Lipinski definition) is 5. The SMILES string of the molecule is O=C(C[C@H]1CCC[C@@H](SCc2ccc(Cl)cc2)[C@@H]1C(=O)c1cccs1)c1cccs1. The van der Waals surface area contributed by atoms with E-state index in [1.165, 1.54) is 28.2 Å². The van der Waals surface area contributed by atoms with E-state index in [1.54, 1.807) is 0 Å². The van der Waals surface area contributed by atoms with E-state index in [4.69, 9.17) is 11.6 Å². The van der Waals surface area contributed by atoms with Gasteiger partial charge in [-0.15, -0.1) is 22.7 Å². The Balaban J connectivity index is 1.53. The van der Waals surface area contributed by atoms with Crippen LogP contribution < -0.4 is 0 Å². The first kappa shape index (κ1) is 21.8. The molecule has 1 fully saturated rings. The van der Waals surface area contributed by atoms with E-state index < -0.39 is 0 Å². The van der Waals surface area contributed by atoms with Gasteiger partial charge in [0.05, 0.1) is 9.75 Å². The molecule has 0 aliphatic heterocycles. The van der Waals surface area contributed by atoms with Crippen LogP contribution in [-0.4, -0.2) is 16.8 Å². The molecule has 4 rings (SSSR count). The van der Waals surface area contributed by atoms with Crippen molar-refractivity contribution in [1.29, 1.82) is 0 Å². The van der Waals surface area contributed by atoms with Crippen LogP contribution in [0.25, 0.3) is 0 Å². The summed E-state index contributed by atoms with van der Waals surface area (Å²) in [5, 5.41) is 4.86. The molecule has 2 heterocycles. The Morgan fingerprint density at radius 1 is 0.967 bits per heavy atom. The molecule has 3 atom stereocenters. The number of carbonyl (C=O) groups is 2. The highest BCUT2D eigenvalue weighted by atomic mass is 35.5. The molecule has 1 saturated carbocycles. The monoisotopic (exact) mass is 474 g/mol. The van der Waals surface area contributed by atoms with Gasteiger partial charge >= 0.3 is 0 Å². The van der Waals surface area contributed by atoms with Gasteiger partial charge in [0, 0.05) is 28.4 Å². The Bertz CT molecular complexity index is 965. The van der Waals surface area contributed by atoms with E-state index in [2.05, 4.69) is 0 Å². The van der Waals surface area contributed by atoms with Gasteiger partial charge < -0.3 is 0 Å². The Hall–Kier alpha value is -1.40. The summed E-state index contributed by atoms with van der Waals surface area (Å²) in [4.78, 5) is 27.9. The maximum absolute atomic E-state index is 13.5. The molecule has 0 unspecified atom stereocenters. The zero-order valence-electron chi connectivity index (χ0n) is 16.5. The number of rotatable bonds is 8. The van der Waals surface area contributed by atoms with Crippen LogP contribution in [-0.2, 0) is 5.75 Å². The van der Waals surface area contributed by atoms with Crippen LogP contribution in [0, 0.1) is 11.8 Å². The largest absolute Gasteiger partial charge is 0.293 e. The van der Waals surface area contributed by atoms with Crippen molar-refractivity contribution in [2.75, 3.05) is 0 Å². The van der Waals surface area contributed by atoms with Crippen molar-refractivity contribution in [3.63, 3.8) is 0 Å². The summed E-state index contributed by atoms with van der Waals surface area (Å²) in [6.45, 7) is 0. The van der Waals surface area contributed by atoms with E-state index in [0.717, 1.165) is 39.8 Å². The van der Waals surface area contributed by atoms with Crippen LogP contribution in [0.3, 0.4) is 0 Å². The minimum atomic E-state index is -0.112. The van der Waals surface area contributed by atoms with Crippen molar-refractivity contribution in [3.05, 3.63) is 79.6 Å². The average Bonchev–Trinajstić information content (AvgIpc) is 3.47. The van der Waals surface area contributed by atoms with Crippen molar-refractivity contribution < 1.29 is 9.59 Å². The topological polar surface area (TPSA) is 34.1 Å². The van der Waals surface area contributed by atoms with Gasteiger partial charge in [0.25, 0.3) is 0 Å². The summed E-state index contributed by atoms with van der Waals surface area (Å²) < 4.78 is 0. The zero-order chi connectivity index (χ0) is 20.9. The first-order valence-electron chi connectivity index (χ1n) is 10.1. The summed E-state index contributed by atoms with van der Waals surface area (Å²) in [7, 11) is 0. The number of thiophene rings is 2. The maximum atomic E-state index is 13.5. The Morgan fingerprint density at radius 2 is 1.67 bits per heavy atom. The van der Waals surface area contributed by atoms with E-state index >= 15 is 0 Å². The number of Topliss-reactive ketones (excluding diaryl/α,β-unsaturated/α-hetero) is 2. The van der Waals surface area contributed by atoms with Gasteiger partial charge in [-0.05, 0) is 59.3 Å². The lowest BCUT2D eigenvalue weighted by molar-refractivity contribution is 0.0798. The highest BCUT2D eigenvalue weighted by Gasteiger charge is 2.40. The molecule has 0 bridgehead atoms. The first-order valence-corrected chi connectivity index (χ1v) is 13.3. The number of hydrogen-bond donors (Lipinski definition) is 0. The summed E-state index contributed by atoms with van der Waals surface area (Å²) in [5.74, 6) is 1.22. The molecular weight excluding hydrogens is 452 g/mol. The average molecular weight is 475 g/mol. The second-order valence-electron chi connectivity index (χ2n) is 7.64. The highest BCUT2D eigenvalue weighted by molar-refractivity contribution is 7.99. The maximum Gasteiger partial charge on any atom is 0.177 e. The fraction of sp³-hybridized carbons (Fsp3) is 0.333. The van der Waals surface area contributed by atoms with Gasteiger partial charge in [0.1, 0.15) is 0 Å². The fourth-order valence-electron chi connectivity index (χ4n) is 4.19. The third-order valence-electron chi connectivity index (χ3n) is 5.66. The molecule has 30 heavy (non-hydrogen) atoms. The predicted molar refractivity (Wildman–Crippen MR) is 129 cm³/mol. The normalized spacial score (nSPS) is 21.4. The number of ketones is 2. The van der Waals surface area contributed by atoms with Gasteiger partial charge in [-0.25, -0.2) is 0 Å². The summed E-state index contributed by atoms with van der Waals surface area (Å²) >= 11 is 10.9. The Morgan fingerprint density at radius 3 is 2.33 bits per heavy atom. The fourth-order valence-corrected chi connectivity index (χ4v) is 7.19. The van der Waals surface area contributed by atoms with Crippen LogP contribution in [0.1, 0.15) is 50.6 Å². The molecule has 156 valence electrons. The molecule has 6 heteroatoms. The molecule has 0 saturated heterocycles. The van der Waals surface area contributed by atoms with Crippen molar-refractivity contribution in [2.24, 2.45) is 11.8 Å². The lowest BCUT2D eigenvalue weighted by atomic mass is 9.74. The standard InChI is InChI=1S/C24H23ClO2S3/c25-18-10-8-16(9-11-18)15-30-21-5-1-4-17(14-19(26)20-6-2-12-28-20)23(21)24(27)22-7-3-13-29-22/h2-3,6-13,17,21,23H,1,4-5,14-15H2/t17-,21-,23-/m1/s1. The van der Waals surface area contributed by atoms with Crippen molar-refractivity contribution in [3.8, 4) is 0 Å². The minimum absolute atomic E-state index is 0.102. The van der Waals surface area contributed by atoms with Crippen molar-refractivity contribution in [1.82, 2.24) is 0 Å². The molecule has 1 aliphatic rings. The van der Waals surface area contributed by atoms with Gasteiger partial charge in [0.2, 0.25) is 0 Å². The second-order valence-corrected chi connectivity index (χ2v) is 11.2. The molecule has 2 aromatic heterocycles. The summed E-state index contributed by atoms with van der Waals surface area (Å²) in [5.41, 5.74) is 1.21. The smallest absolute Gasteiger partial charge is 0.177 e. The molecular formula is C24H23ClO2S3. The van der Waals surface area contributed by atoms with Crippen LogP contribution >= 0.6 is 46.0 Å². The molecule has 0 radical (unpaired) electrons. The van der Waals surface area contributed by atoms with E-state index in [1.807, 2.05) is 71.1 Å². The lowest BCUT2D eigenvalue weighted by Gasteiger charge is -2.36. The molecule has 1 aromatic carbocycles. The van der Waals surface area contributed by atoms with E-state index in [0.29, 0.717) is 6.42 Å². The van der Waals surface area contributed by atoms with Gasteiger partial charge in [-0.3, -0.25) is 9.59 Å². The summed E-state index contributed by atoms with van der Waals surface area (Å²) in [6, 6.07) is 15.6. The minimum Gasteiger partial charge on any atom is -0.293 e. The molecule has 2 nitrogen and oxygen atoms in total. The van der Waals surface area contributed by atoms with Crippen LogP contribution in [0.5, 0.6) is 0 Å². The number of benzene rings is 1. The van der Waals surface area contributed by atoms with Gasteiger partial charge in [-0.2, -0.15) is 11.8 Å². The molecule has 3 aromatic rings. The summed E-state index contributed by atoms with van der Waals surface area (Å²) in [6.07, 6.45) is 3.48. The third-order valence-corrected chi connectivity index (χ3v) is 9.16.